The molecule has 0 bridgehead atoms. The van der Waals surface area contributed by atoms with Crippen LogP contribution in [0, 0.1) is 12.7 Å². The fourth-order valence-corrected chi connectivity index (χ4v) is 1.85. The zero-order valence-corrected chi connectivity index (χ0v) is 11.4. The Bertz CT molecular complexity index is 628. The third-order valence-corrected chi connectivity index (χ3v) is 2.83. The van der Waals surface area contributed by atoms with Gasteiger partial charge < -0.3 is 10.6 Å². The molecule has 0 atom stereocenters. The molecule has 1 heterocycles. The van der Waals surface area contributed by atoms with Gasteiger partial charge in [0, 0.05) is 18.4 Å². The van der Waals surface area contributed by atoms with E-state index in [4.69, 9.17) is 0 Å². The Balaban J connectivity index is 2.24. The van der Waals surface area contributed by atoms with E-state index in [0.29, 0.717) is 29.2 Å². The number of nitrogens with one attached hydrogen (secondary N) is 2. The summed E-state index contributed by atoms with van der Waals surface area (Å²) in [6.07, 6.45) is 1.62. The van der Waals surface area contributed by atoms with Crippen LogP contribution in [0.5, 0.6) is 0 Å². The highest BCUT2D eigenvalue weighted by Crippen LogP contribution is 2.18. The molecule has 0 spiro atoms. The maximum atomic E-state index is 13.0. The second-order valence-electron chi connectivity index (χ2n) is 4.34. The number of nitrogens with zero attached hydrogens (tertiary/aromatic N) is 1. The molecule has 0 saturated carbocycles. The molecule has 0 unspecified atom stereocenters. The van der Waals surface area contributed by atoms with Crippen LogP contribution in [0.4, 0.5) is 15.9 Å². The number of hydrogen-bond donors (Lipinski definition) is 2. The molecule has 2 N–H and O–H groups in total. The van der Waals surface area contributed by atoms with Gasteiger partial charge in [-0.25, -0.2) is 9.37 Å². The average molecular weight is 273 g/mol. The number of hydrogen-bond acceptors (Lipinski definition) is 3. The van der Waals surface area contributed by atoms with Gasteiger partial charge in [0.1, 0.15) is 11.6 Å². The van der Waals surface area contributed by atoms with E-state index < -0.39 is 0 Å². The van der Waals surface area contributed by atoms with Crippen molar-refractivity contribution in [2.24, 2.45) is 0 Å². The van der Waals surface area contributed by atoms with E-state index >= 15 is 0 Å². The first-order valence-electron chi connectivity index (χ1n) is 6.38. The van der Waals surface area contributed by atoms with Crippen LogP contribution in [0.1, 0.15) is 22.8 Å². The van der Waals surface area contributed by atoms with Crippen LogP contribution in [0.3, 0.4) is 0 Å². The fourth-order valence-electron chi connectivity index (χ4n) is 1.85. The lowest BCUT2D eigenvalue weighted by Crippen LogP contribution is -2.16. The van der Waals surface area contributed by atoms with Crippen molar-refractivity contribution in [3.8, 4) is 0 Å². The largest absolute Gasteiger partial charge is 0.370 e. The van der Waals surface area contributed by atoms with E-state index in [0.717, 1.165) is 0 Å². The summed E-state index contributed by atoms with van der Waals surface area (Å²) in [4.78, 5) is 16.4. The monoisotopic (exact) mass is 273 g/mol. The van der Waals surface area contributed by atoms with Crippen LogP contribution in [0.25, 0.3) is 0 Å². The second-order valence-corrected chi connectivity index (χ2v) is 4.34. The molecule has 0 aliphatic rings. The molecule has 1 aromatic heterocycles. The number of amides is 1. The third-order valence-electron chi connectivity index (χ3n) is 2.83. The highest BCUT2D eigenvalue weighted by Gasteiger charge is 2.13. The van der Waals surface area contributed by atoms with Crippen molar-refractivity contribution < 1.29 is 9.18 Å². The van der Waals surface area contributed by atoms with Crippen molar-refractivity contribution in [2.75, 3.05) is 17.2 Å². The Morgan fingerprint density at radius 3 is 2.85 bits per heavy atom. The number of halogens is 1. The SMILES string of the molecule is CCNc1ncccc1C(=O)Nc1ccc(F)cc1C. The fraction of sp³-hybridized carbons (Fsp3) is 0.200. The zero-order chi connectivity index (χ0) is 14.5. The van der Waals surface area contributed by atoms with Crippen molar-refractivity contribution in [3.05, 3.63) is 53.5 Å². The third kappa shape index (κ3) is 3.12. The highest BCUT2D eigenvalue weighted by atomic mass is 19.1. The van der Waals surface area contributed by atoms with Crippen molar-refractivity contribution in [1.29, 1.82) is 0 Å². The first-order valence-corrected chi connectivity index (χ1v) is 6.38. The molecule has 0 radical (unpaired) electrons. The van der Waals surface area contributed by atoms with Gasteiger partial charge in [-0.2, -0.15) is 0 Å². The van der Waals surface area contributed by atoms with Crippen LogP contribution in [0.2, 0.25) is 0 Å². The highest BCUT2D eigenvalue weighted by molar-refractivity contribution is 6.07. The van der Waals surface area contributed by atoms with E-state index in [9.17, 15) is 9.18 Å². The van der Waals surface area contributed by atoms with Gasteiger partial charge in [0.05, 0.1) is 5.56 Å². The predicted octanol–water partition coefficient (Wildman–Crippen LogP) is 3.21. The van der Waals surface area contributed by atoms with E-state index in [2.05, 4.69) is 15.6 Å². The number of benzene rings is 1. The summed E-state index contributed by atoms with van der Waals surface area (Å²) < 4.78 is 13.0. The predicted molar refractivity (Wildman–Crippen MR) is 77.5 cm³/mol. The molecule has 104 valence electrons. The van der Waals surface area contributed by atoms with E-state index in [1.54, 1.807) is 31.3 Å². The zero-order valence-electron chi connectivity index (χ0n) is 11.4. The number of pyridine rings is 1. The molecule has 2 aromatic rings. The number of carbonyl (C=O) groups is 1. The molecular weight excluding hydrogens is 257 g/mol. The molecule has 2 rings (SSSR count). The number of aryl methyl sites for hydroxylation is 1. The molecule has 20 heavy (non-hydrogen) atoms. The average Bonchev–Trinajstić information content (AvgIpc) is 2.43. The first kappa shape index (κ1) is 14.0. The lowest BCUT2D eigenvalue weighted by Gasteiger charge is -2.11. The van der Waals surface area contributed by atoms with Gasteiger partial charge >= 0.3 is 0 Å². The van der Waals surface area contributed by atoms with Gasteiger partial charge in [0.2, 0.25) is 0 Å². The molecular formula is C15H16FN3O. The van der Waals surface area contributed by atoms with Gasteiger partial charge in [-0.05, 0) is 49.7 Å². The molecule has 0 aliphatic heterocycles. The Labute approximate surface area is 117 Å². The van der Waals surface area contributed by atoms with Gasteiger partial charge in [-0.15, -0.1) is 0 Å². The Morgan fingerprint density at radius 2 is 2.15 bits per heavy atom. The van der Waals surface area contributed by atoms with Crippen molar-refractivity contribution >= 4 is 17.4 Å². The summed E-state index contributed by atoms with van der Waals surface area (Å²) in [5, 5.41) is 5.80. The van der Waals surface area contributed by atoms with Crippen molar-refractivity contribution in [3.63, 3.8) is 0 Å². The van der Waals surface area contributed by atoms with Gasteiger partial charge in [0.15, 0.2) is 0 Å². The molecule has 0 aliphatic carbocycles. The molecule has 0 saturated heterocycles. The van der Waals surface area contributed by atoms with E-state index in [1.165, 1.54) is 12.1 Å². The first-order chi connectivity index (χ1) is 9.61. The van der Waals surface area contributed by atoms with Crippen LogP contribution >= 0.6 is 0 Å². The lowest BCUT2D eigenvalue weighted by molar-refractivity contribution is 0.102. The molecule has 1 aromatic carbocycles. The molecule has 4 nitrogen and oxygen atoms in total. The summed E-state index contributed by atoms with van der Waals surface area (Å²) in [6.45, 7) is 4.35. The van der Waals surface area contributed by atoms with Gasteiger partial charge in [-0.1, -0.05) is 0 Å². The molecule has 0 fully saturated rings. The number of anilines is 2. The van der Waals surface area contributed by atoms with E-state index in [-0.39, 0.29) is 11.7 Å². The Hall–Kier alpha value is -2.43. The van der Waals surface area contributed by atoms with Gasteiger partial charge in [-0.3, -0.25) is 4.79 Å². The summed E-state index contributed by atoms with van der Waals surface area (Å²) >= 11 is 0. The summed E-state index contributed by atoms with van der Waals surface area (Å²) in [5.74, 6) is -0.0637. The number of rotatable bonds is 4. The minimum absolute atomic E-state index is 0.274. The minimum atomic E-state index is -0.324. The minimum Gasteiger partial charge on any atom is -0.370 e. The maximum Gasteiger partial charge on any atom is 0.259 e. The van der Waals surface area contributed by atoms with E-state index in [1.807, 2.05) is 6.92 Å². The lowest BCUT2D eigenvalue weighted by atomic mass is 10.1. The summed E-state index contributed by atoms with van der Waals surface area (Å²) in [7, 11) is 0. The molecule has 1 amide bonds. The topological polar surface area (TPSA) is 54.0 Å². The quantitative estimate of drug-likeness (QED) is 0.899. The second kappa shape index (κ2) is 6.14. The van der Waals surface area contributed by atoms with Crippen LogP contribution in [-0.2, 0) is 0 Å². The van der Waals surface area contributed by atoms with Crippen LogP contribution < -0.4 is 10.6 Å². The summed E-state index contributed by atoms with van der Waals surface area (Å²) in [5.41, 5.74) is 1.72. The normalized spacial score (nSPS) is 10.2. The molecule has 5 heteroatoms. The van der Waals surface area contributed by atoms with Crippen molar-refractivity contribution in [2.45, 2.75) is 13.8 Å². The van der Waals surface area contributed by atoms with Crippen LogP contribution in [0.15, 0.2) is 36.5 Å². The Kier molecular flexibility index (Phi) is 4.30. The Morgan fingerprint density at radius 1 is 1.35 bits per heavy atom. The van der Waals surface area contributed by atoms with Gasteiger partial charge in [0.25, 0.3) is 5.91 Å². The maximum absolute atomic E-state index is 13.0. The van der Waals surface area contributed by atoms with Crippen molar-refractivity contribution in [1.82, 2.24) is 4.98 Å². The standard InChI is InChI=1S/C15H16FN3O/c1-3-17-14-12(5-4-8-18-14)15(20)19-13-7-6-11(16)9-10(13)2/h4-9H,3H2,1-2H3,(H,17,18)(H,19,20). The smallest absolute Gasteiger partial charge is 0.259 e. The summed E-state index contributed by atoms with van der Waals surface area (Å²) in [6, 6.07) is 7.64. The number of carbonyl (C=O) groups excluding carboxylic acids is 1. The number of aromatic nitrogens is 1. The van der Waals surface area contributed by atoms with Crippen LogP contribution in [-0.4, -0.2) is 17.4 Å².